The van der Waals surface area contributed by atoms with Crippen LogP contribution in [0.5, 0.6) is 0 Å². The van der Waals surface area contributed by atoms with Crippen LogP contribution in [0.25, 0.3) is 10.8 Å². The molecular weight excluding hydrogens is 224 g/mol. The number of carbonyl (C=O) groups is 1. The van der Waals surface area contributed by atoms with E-state index >= 15 is 0 Å². The van der Waals surface area contributed by atoms with Gasteiger partial charge in [0.2, 0.25) is 5.91 Å². The molecule has 3 nitrogen and oxygen atoms in total. The summed E-state index contributed by atoms with van der Waals surface area (Å²) in [5, 5.41) is 4.19. The minimum absolute atomic E-state index is 0.203. The number of rotatable bonds is 2. The summed E-state index contributed by atoms with van der Waals surface area (Å²) < 4.78 is 0. The van der Waals surface area contributed by atoms with E-state index in [9.17, 15) is 4.79 Å². The van der Waals surface area contributed by atoms with Crippen molar-refractivity contribution in [2.75, 3.05) is 5.32 Å². The number of amides is 1. The number of carbonyl (C=O) groups excluding carboxylic acids is 1. The van der Waals surface area contributed by atoms with Crippen LogP contribution in [0.3, 0.4) is 0 Å². The van der Waals surface area contributed by atoms with Gasteiger partial charge in [0.05, 0.1) is 0 Å². The number of anilines is 1. The minimum atomic E-state index is -0.544. The average Bonchev–Trinajstić information content (AvgIpc) is 2.29. The second-order valence-electron chi connectivity index (χ2n) is 3.51. The molecule has 0 radical (unpaired) electrons. The molecule has 0 aliphatic rings. The maximum absolute atomic E-state index is 11.5. The monoisotopic (exact) mass is 234 g/mol. The number of nitrogens with one attached hydrogen (secondary N) is 1. The molecule has 1 unspecified atom stereocenters. The van der Waals surface area contributed by atoms with Crippen molar-refractivity contribution in [1.82, 2.24) is 4.98 Å². The van der Waals surface area contributed by atoms with Gasteiger partial charge in [-0.25, -0.2) is 0 Å². The van der Waals surface area contributed by atoms with Gasteiger partial charge in [0.25, 0.3) is 0 Å². The summed E-state index contributed by atoms with van der Waals surface area (Å²) in [5.74, 6) is -0.203. The van der Waals surface area contributed by atoms with E-state index in [4.69, 9.17) is 11.6 Å². The van der Waals surface area contributed by atoms with E-state index < -0.39 is 5.38 Å². The Kier molecular flexibility index (Phi) is 3.06. The van der Waals surface area contributed by atoms with Crippen molar-refractivity contribution in [2.45, 2.75) is 12.3 Å². The van der Waals surface area contributed by atoms with Gasteiger partial charge in [-0.1, -0.05) is 12.1 Å². The lowest BCUT2D eigenvalue weighted by Crippen LogP contribution is -2.20. The molecule has 0 spiro atoms. The Balaban J connectivity index is 2.41. The Morgan fingerprint density at radius 3 is 3.00 bits per heavy atom. The lowest BCUT2D eigenvalue weighted by Gasteiger charge is -2.09. The van der Waals surface area contributed by atoms with Crippen LogP contribution in [0.2, 0.25) is 0 Å². The zero-order chi connectivity index (χ0) is 11.5. The van der Waals surface area contributed by atoms with Gasteiger partial charge >= 0.3 is 0 Å². The Morgan fingerprint density at radius 2 is 2.25 bits per heavy atom. The standard InChI is InChI=1S/C12H11ClN2O/c1-8(13)12(16)15-11-4-2-3-9-7-14-6-5-10(9)11/h2-8H,1H3,(H,15,16). The quantitative estimate of drug-likeness (QED) is 0.812. The van der Waals surface area contributed by atoms with E-state index in [1.54, 1.807) is 19.3 Å². The molecule has 0 aliphatic carbocycles. The molecule has 0 bridgehead atoms. The van der Waals surface area contributed by atoms with Gasteiger partial charge < -0.3 is 5.32 Å². The van der Waals surface area contributed by atoms with Gasteiger partial charge in [-0.3, -0.25) is 9.78 Å². The summed E-state index contributed by atoms with van der Waals surface area (Å²) in [6.45, 7) is 1.64. The van der Waals surface area contributed by atoms with Gasteiger partial charge in [-0.05, 0) is 19.1 Å². The summed E-state index contributed by atoms with van der Waals surface area (Å²) in [6.07, 6.45) is 3.46. The average molecular weight is 235 g/mol. The zero-order valence-corrected chi connectivity index (χ0v) is 9.53. The first kappa shape index (κ1) is 10.9. The largest absolute Gasteiger partial charge is 0.324 e. The predicted molar refractivity (Wildman–Crippen MR) is 65.7 cm³/mol. The van der Waals surface area contributed by atoms with Crippen LogP contribution in [0.15, 0.2) is 36.7 Å². The number of fused-ring (bicyclic) bond motifs is 1. The number of aromatic nitrogens is 1. The molecule has 1 heterocycles. The molecular formula is C12H11ClN2O. The molecule has 1 N–H and O–H groups in total. The number of pyridine rings is 1. The molecule has 0 saturated carbocycles. The van der Waals surface area contributed by atoms with Crippen LogP contribution in [0.4, 0.5) is 5.69 Å². The molecule has 82 valence electrons. The smallest absolute Gasteiger partial charge is 0.242 e. The highest BCUT2D eigenvalue weighted by atomic mass is 35.5. The van der Waals surface area contributed by atoms with E-state index in [0.717, 1.165) is 16.5 Å². The number of hydrogen-bond acceptors (Lipinski definition) is 2. The summed E-state index contributed by atoms with van der Waals surface area (Å²) in [7, 11) is 0. The van der Waals surface area contributed by atoms with Crippen molar-refractivity contribution in [3.63, 3.8) is 0 Å². The molecule has 1 amide bonds. The molecule has 1 aromatic heterocycles. The fraction of sp³-hybridized carbons (Fsp3) is 0.167. The third-order valence-corrected chi connectivity index (χ3v) is 2.50. The molecule has 1 aromatic carbocycles. The number of benzene rings is 1. The lowest BCUT2D eigenvalue weighted by atomic mass is 10.1. The SMILES string of the molecule is CC(Cl)C(=O)Nc1cccc2cnccc12. The van der Waals surface area contributed by atoms with Crippen molar-refractivity contribution in [1.29, 1.82) is 0 Å². The fourth-order valence-corrected chi connectivity index (χ4v) is 1.52. The minimum Gasteiger partial charge on any atom is -0.324 e. The molecule has 2 rings (SSSR count). The molecule has 16 heavy (non-hydrogen) atoms. The number of halogens is 1. The Hall–Kier alpha value is -1.61. The Labute approximate surface area is 98.4 Å². The Morgan fingerprint density at radius 1 is 1.44 bits per heavy atom. The third kappa shape index (κ3) is 2.14. The van der Waals surface area contributed by atoms with Crippen LogP contribution in [0.1, 0.15) is 6.92 Å². The maximum Gasteiger partial charge on any atom is 0.242 e. The number of alkyl halides is 1. The predicted octanol–water partition coefficient (Wildman–Crippen LogP) is 2.80. The van der Waals surface area contributed by atoms with Gasteiger partial charge in [0.1, 0.15) is 5.38 Å². The summed E-state index contributed by atoms with van der Waals surface area (Å²) in [6, 6.07) is 7.53. The normalized spacial score (nSPS) is 12.4. The highest BCUT2D eigenvalue weighted by molar-refractivity contribution is 6.32. The van der Waals surface area contributed by atoms with Crippen molar-refractivity contribution >= 4 is 34.0 Å². The van der Waals surface area contributed by atoms with Crippen molar-refractivity contribution < 1.29 is 4.79 Å². The molecule has 2 aromatic rings. The molecule has 4 heteroatoms. The van der Waals surface area contributed by atoms with E-state index in [0.29, 0.717) is 0 Å². The molecule has 0 aliphatic heterocycles. The first-order valence-electron chi connectivity index (χ1n) is 4.96. The van der Waals surface area contributed by atoms with Crippen LogP contribution < -0.4 is 5.32 Å². The fourth-order valence-electron chi connectivity index (χ4n) is 1.46. The lowest BCUT2D eigenvalue weighted by molar-refractivity contribution is -0.115. The highest BCUT2D eigenvalue weighted by Gasteiger charge is 2.10. The van der Waals surface area contributed by atoms with Gasteiger partial charge in [-0.15, -0.1) is 11.6 Å². The summed E-state index contributed by atoms with van der Waals surface area (Å²) in [4.78, 5) is 15.5. The third-order valence-electron chi connectivity index (χ3n) is 2.30. The van der Waals surface area contributed by atoms with Crippen LogP contribution in [-0.2, 0) is 4.79 Å². The first-order valence-corrected chi connectivity index (χ1v) is 5.40. The van der Waals surface area contributed by atoms with E-state index in [1.165, 1.54) is 0 Å². The molecule has 0 fully saturated rings. The topological polar surface area (TPSA) is 42.0 Å². The van der Waals surface area contributed by atoms with Crippen molar-refractivity contribution in [3.05, 3.63) is 36.7 Å². The van der Waals surface area contributed by atoms with E-state index in [-0.39, 0.29) is 5.91 Å². The maximum atomic E-state index is 11.5. The van der Waals surface area contributed by atoms with Gasteiger partial charge in [-0.2, -0.15) is 0 Å². The van der Waals surface area contributed by atoms with Crippen LogP contribution in [0, 0.1) is 0 Å². The summed E-state index contributed by atoms with van der Waals surface area (Å²) >= 11 is 5.70. The van der Waals surface area contributed by atoms with Gasteiger partial charge in [0, 0.05) is 28.9 Å². The Bertz CT molecular complexity index is 520. The molecule has 0 saturated heterocycles. The zero-order valence-electron chi connectivity index (χ0n) is 8.77. The first-order chi connectivity index (χ1) is 7.68. The van der Waals surface area contributed by atoms with E-state index in [2.05, 4.69) is 10.3 Å². The van der Waals surface area contributed by atoms with Crippen molar-refractivity contribution in [3.8, 4) is 0 Å². The molecule has 1 atom stereocenters. The van der Waals surface area contributed by atoms with Crippen molar-refractivity contribution in [2.24, 2.45) is 0 Å². The van der Waals surface area contributed by atoms with Crippen LogP contribution >= 0.6 is 11.6 Å². The second kappa shape index (κ2) is 4.49. The van der Waals surface area contributed by atoms with Gasteiger partial charge in [0.15, 0.2) is 0 Å². The number of hydrogen-bond donors (Lipinski definition) is 1. The second-order valence-corrected chi connectivity index (χ2v) is 4.16. The van der Waals surface area contributed by atoms with E-state index in [1.807, 2.05) is 24.3 Å². The summed E-state index contributed by atoms with van der Waals surface area (Å²) in [5.41, 5.74) is 0.761. The van der Waals surface area contributed by atoms with Crippen LogP contribution in [-0.4, -0.2) is 16.3 Å². The highest BCUT2D eigenvalue weighted by Crippen LogP contribution is 2.22. The number of nitrogens with zero attached hydrogens (tertiary/aromatic N) is 1.